The molecule has 0 saturated carbocycles. The van der Waals surface area contributed by atoms with E-state index >= 15 is 0 Å². The molecule has 0 bridgehead atoms. The van der Waals surface area contributed by atoms with Crippen LogP contribution in [-0.2, 0) is 17.8 Å². The van der Waals surface area contributed by atoms with Gasteiger partial charge < -0.3 is 14.8 Å². The second kappa shape index (κ2) is 9.42. The van der Waals surface area contributed by atoms with Crippen LogP contribution in [0.4, 0.5) is 0 Å². The molecular weight excluding hydrogens is 300 g/mol. The highest BCUT2D eigenvalue weighted by atomic mass is 16.1. The lowest BCUT2D eigenvalue weighted by Gasteiger charge is -2.12. The predicted octanol–water partition coefficient (Wildman–Crippen LogP) is 2.84. The lowest BCUT2D eigenvalue weighted by Crippen LogP contribution is -2.26. The Kier molecular flexibility index (Phi) is 7.25. The zero-order valence-corrected chi connectivity index (χ0v) is 15.2. The summed E-state index contributed by atoms with van der Waals surface area (Å²) in [6.45, 7) is 4.76. The van der Waals surface area contributed by atoms with E-state index in [1.54, 1.807) is 0 Å². The van der Waals surface area contributed by atoms with Crippen molar-refractivity contribution < 1.29 is 4.79 Å². The molecule has 1 N–H and O–H groups in total. The fourth-order valence-electron chi connectivity index (χ4n) is 2.85. The van der Waals surface area contributed by atoms with Crippen LogP contribution in [0.15, 0.2) is 24.3 Å². The Hall–Kier alpha value is -1.88. The highest BCUT2D eigenvalue weighted by Crippen LogP contribution is 2.17. The van der Waals surface area contributed by atoms with Gasteiger partial charge in [-0.2, -0.15) is 0 Å². The van der Waals surface area contributed by atoms with Crippen LogP contribution in [0, 0.1) is 0 Å². The van der Waals surface area contributed by atoms with Gasteiger partial charge in [-0.05, 0) is 45.6 Å². The third-order valence-electron chi connectivity index (χ3n) is 4.15. The molecule has 5 nitrogen and oxygen atoms in total. The number of imidazole rings is 1. The highest BCUT2D eigenvalue weighted by Gasteiger charge is 2.10. The van der Waals surface area contributed by atoms with E-state index in [9.17, 15) is 4.79 Å². The summed E-state index contributed by atoms with van der Waals surface area (Å²) in [5, 5.41) is 3.01. The molecule has 0 unspecified atom stereocenters. The highest BCUT2D eigenvalue weighted by molar-refractivity contribution is 5.76. The van der Waals surface area contributed by atoms with Gasteiger partial charge in [-0.1, -0.05) is 25.5 Å². The smallest absolute Gasteiger partial charge is 0.220 e. The summed E-state index contributed by atoms with van der Waals surface area (Å²) in [7, 11) is 4.19. The van der Waals surface area contributed by atoms with Gasteiger partial charge in [0.05, 0.1) is 11.0 Å². The van der Waals surface area contributed by atoms with E-state index in [4.69, 9.17) is 4.98 Å². The third kappa shape index (κ3) is 5.34. The molecule has 1 aromatic carbocycles. The van der Waals surface area contributed by atoms with Gasteiger partial charge in [0, 0.05) is 25.9 Å². The number of amides is 1. The second-order valence-electron chi connectivity index (χ2n) is 6.53. The maximum Gasteiger partial charge on any atom is 0.220 e. The molecule has 1 aromatic heterocycles. The molecule has 1 amide bonds. The predicted molar refractivity (Wildman–Crippen MR) is 99.1 cm³/mol. The van der Waals surface area contributed by atoms with Gasteiger partial charge in [0.1, 0.15) is 5.82 Å². The van der Waals surface area contributed by atoms with Crippen LogP contribution in [-0.4, -0.2) is 47.5 Å². The molecular formula is C19H30N4O. The molecule has 5 heteroatoms. The van der Waals surface area contributed by atoms with Gasteiger partial charge in [0.2, 0.25) is 5.91 Å². The first-order chi connectivity index (χ1) is 11.6. The average Bonchev–Trinajstić information content (AvgIpc) is 2.90. The van der Waals surface area contributed by atoms with E-state index in [1.807, 2.05) is 6.07 Å². The molecule has 0 saturated heterocycles. The number of hydrogen-bond donors (Lipinski definition) is 1. The summed E-state index contributed by atoms with van der Waals surface area (Å²) in [4.78, 5) is 18.7. The first-order valence-corrected chi connectivity index (χ1v) is 8.97. The summed E-state index contributed by atoms with van der Waals surface area (Å²) in [6.07, 6.45) is 4.48. The van der Waals surface area contributed by atoms with Crippen molar-refractivity contribution in [2.75, 3.05) is 27.2 Å². The van der Waals surface area contributed by atoms with Gasteiger partial charge in [0.15, 0.2) is 0 Å². The number of nitrogens with one attached hydrogen (secondary N) is 1. The first kappa shape index (κ1) is 18.5. The largest absolute Gasteiger partial charge is 0.356 e. The maximum absolute atomic E-state index is 11.8. The molecule has 0 atom stereocenters. The van der Waals surface area contributed by atoms with Crippen molar-refractivity contribution in [1.82, 2.24) is 19.8 Å². The molecule has 1 heterocycles. The standard InChI is InChI=1S/C19H30N4O/c1-4-5-11-19(24)20-13-12-18-21-16-9-6-7-10-17(16)23(18)15-8-14-22(2)3/h6-7,9-10H,4-5,8,11-15H2,1-3H3,(H,20,24). The van der Waals surface area contributed by atoms with Crippen molar-refractivity contribution in [3.8, 4) is 0 Å². The second-order valence-corrected chi connectivity index (χ2v) is 6.53. The Balaban J connectivity index is 2.00. The summed E-state index contributed by atoms with van der Waals surface area (Å²) in [5.74, 6) is 1.21. The van der Waals surface area contributed by atoms with Crippen molar-refractivity contribution >= 4 is 16.9 Å². The van der Waals surface area contributed by atoms with E-state index in [-0.39, 0.29) is 5.91 Å². The van der Waals surface area contributed by atoms with Crippen LogP contribution in [0.1, 0.15) is 38.4 Å². The number of aryl methyl sites for hydroxylation is 1. The van der Waals surface area contributed by atoms with Gasteiger partial charge in [-0.15, -0.1) is 0 Å². The molecule has 0 aliphatic rings. The number of fused-ring (bicyclic) bond motifs is 1. The van der Waals surface area contributed by atoms with Crippen molar-refractivity contribution in [3.63, 3.8) is 0 Å². The van der Waals surface area contributed by atoms with Crippen molar-refractivity contribution in [2.24, 2.45) is 0 Å². The number of nitrogens with zero attached hydrogens (tertiary/aromatic N) is 3. The lowest BCUT2D eigenvalue weighted by atomic mass is 10.2. The number of carbonyl (C=O) groups excluding carboxylic acids is 1. The minimum Gasteiger partial charge on any atom is -0.356 e. The maximum atomic E-state index is 11.8. The minimum absolute atomic E-state index is 0.145. The monoisotopic (exact) mass is 330 g/mol. The van der Waals surface area contributed by atoms with E-state index in [0.29, 0.717) is 13.0 Å². The lowest BCUT2D eigenvalue weighted by molar-refractivity contribution is -0.121. The Bertz CT molecular complexity index is 648. The van der Waals surface area contributed by atoms with Gasteiger partial charge in [-0.3, -0.25) is 4.79 Å². The SMILES string of the molecule is CCCCC(=O)NCCc1nc2ccccc2n1CCCN(C)C. The number of para-hydroxylation sites is 2. The van der Waals surface area contributed by atoms with Gasteiger partial charge >= 0.3 is 0 Å². The number of benzene rings is 1. The Labute approximate surface area is 145 Å². The fraction of sp³-hybridized carbons (Fsp3) is 0.579. The first-order valence-electron chi connectivity index (χ1n) is 8.97. The average molecular weight is 330 g/mol. The molecule has 0 aliphatic carbocycles. The topological polar surface area (TPSA) is 50.2 Å². The minimum atomic E-state index is 0.145. The van der Waals surface area contributed by atoms with E-state index < -0.39 is 0 Å². The molecule has 2 aromatic rings. The molecule has 2 rings (SSSR count). The van der Waals surface area contributed by atoms with Crippen molar-refractivity contribution in [2.45, 2.75) is 45.6 Å². The van der Waals surface area contributed by atoms with Gasteiger partial charge in [-0.25, -0.2) is 4.98 Å². The van der Waals surface area contributed by atoms with E-state index in [1.165, 1.54) is 5.52 Å². The fourth-order valence-corrected chi connectivity index (χ4v) is 2.85. The van der Waals surface area contributed by atoms with Crippen LogP contribution >= 0.6 is 0 Å². The molecule has 24 heavy (non-hydrogen) atoms. The Morgan fingerprint density at radius 1 is 1.25 bits per heavy atom. The van der Waals surface area contributed by atoms with Crippen LogP contribution in [0.3, 0.4) is 0 Å². The Morgan fingerprint density at radius 2 is 2.04 bits per heavy atom. The van der Waals surface area contributed by atoms with Crippen LogP contribution in [0.5, 0.6) is 0 Å². The van der Waals surface area contributed by atoms with Crippen molar-refractivity contribution in [3.05, 3.63) is 30.1 Å². The summed E-state index contributed by atoms with van der Waals surface area (Å²) >= 11 is 0. The normalized spacial score (nSPS) is 11.3. The molecule has 132 valence electrons. The molecule has 0 radical (unpaired) electrons. The number of rotatable bonds is 10. The molecule has 0 fully saturated rings. The van der Waals surface area contributed by atoms with Crippen LogP contribution < -0.4 is 5.32 Å². The summed E-state index contributed by atoms with van der Waals surface area (Å²) in [5.41, 5.74) is 2.22. The van der Waals surface area contributed by atoms with Crippen molar-refractivity contribution in [1.29, 1.82) is 0 Å². The Morgan fingerprint density at radius 3 is 2.79 bits per heavy atom. The quantitative estimate of drug-likeness (QED) is 0.729. The zero-order chi connectivity index (χ0) is 17.4. The number of hydrogen-bond acceptors (Lipinski definition) is 3. The van der Waals surface area contributed by atoms with E-state index in [0.717, 1.165) is 50.1 Å². The number of carbonyl (C=O) groups is 1. The van der Waals surface area contributed by atoms with Crippen LogP contribution in [0.25, 0.3) is 11.0 Å². The van der Waals surface area contributed by atoms with Gasteiger partial charge in [0.25, 0.3) is 0 Å². The summed E-state index contributed by atoms with van der Waals surface area (Å²) < 4.78 is 2.30. The zero-order valence-electron chi connectivity index (χ0n) is 15.2. The third-order valence-corrected chi connectivity index (χ3v) is 4.15. The molecule has 0 aliphatic heterocycles. The molecule has 0 spiro atoms. The van der Waals surface area contributed by atoms with E-state index in [2.05, 4.69) is 54.0 Å². The summed E-state index contributed by atoms with van der Waals surface area (Å²) in [6, 6.07) is 8.26. The van der Waals surface area contributed by atoms with Crippen LogP contribution in [0.2, 0.25) is 0 Å². The number of aromatic nitrogens is 2. The number of unbranched alkanes of at least 4 members (excludes halogenated alkanes) is 1.